The molecular weight excluding hydrogens is 340 g/mol. The van der Waals surface area contributed by atoms with Crippen LogP contribution < -0.4 is 10.9 Å². The molecule has 0 aliphatic rings. The second kappa shape index (κ2) is 8.40. The molecule has 0 fully saturated rings. The maximum Gasteiger partial charge on any atom is 0.273 e. The van der Waals surface area contributed by atoms with Crippen molar-refractivity contribution in [3.05, 3.63) is 81.8 Å². The number of H-pyrrole nitrogens is 1. The Hall–Kier alpha value is -3.28. The van der Waals surface area contributed by atoms with Crippen LogP contribution in [0, 0.1) is 6.92 Å². The third kappa shape index (κ3) is 4.88. The Morgan fingerprint density at radius 3 is 2.44 bits per heavy atom. The minimum absolute atomic E-state index is 0.0908. The van der Waals surface area contributed by atoms with Crippen molar-refractivity contribution >= 4 is 5.91 Å². The van der Waals surface area contributed by atoms with Crippen molar-refractivity contribution < 1.29 is 4.79 Å². The minimum atomic E-state index is -0.315. The van der Waals surface area contributed by atoms with Crippen LogP contribution in [-0.4, -0.2) is 21.1 Å². The molecule has 6 nitrogen and oxygen atoms in total. The van der Waals surface area contributed by atoms with Crippen LogP contribution >= 0.6 is 0 Å². The van der Waals surface area contributed by atoms with E-state index in [0.29, 0.717) is 5.82 Å². The van der Waals surface area contributed by atoms with Crippen LogP contribution in [0.2, 0.25) is 0 Å². The number of aryl methyl sites for hydroxylation is 2. The third-order valence-electron chi connectivity index (χ3n) is 4.36. The van der Waals surface area contributed by atoms with Crippen molar-refractivity contribution in [1.82, 2.24) is 20.5 Å². The fraction of sp³-hybridized carbons (Fsp3) is 0.238. The summed E-state index contributed by atoms with van der Waals surface area (Å²) in [5.41, 5.74) is 2.90. The van der Waals surface area contributed by atoms with Gasteiger partial charge in [-0.2, -0.15) is 0 Å². The van der Waals surface area contributed by atoms with Gasteiger partial charge in [-0.15, -0.1) is 10.2 Å². The summed E-state index contributed by atoms with van der Waals surface area (Å²) >= 11 is 0. The highest BCUT2D eigenvalue weighted by Gasteiger charge is 2.12. The molecule has 1 atom stereocenters. The molecule has 0 aliphatic heterocycles. The minimum Gasteiger partial charge on any atom is -0.350 e. The number of benzene rings is 2. The maximum atomic E-state index is 12.2. The molecule has 2 aromatic carbocycles. The molecule has 0 aliphatic carbocycles. The Bertz CT molecular complexity index is 965. The molecule has 0 spiro atoms. The fourth-order valence-electron chi connectivity index (χ4n) is 2.74. The lowest BCUT2D eigenvalue weighted by Crippen LogP contribution is -2.28. The SMILES string of the molecule is Cc1ccc(-c2nnc(CCC(=O)NC(C)c3ccccc3)c(=O)[nH]2)cc1. The Balaban J connectivity index is 1.60. The van der Waals surface area contributed by atoms with Crippen molar-refractivity contribution in [3.63, 3.8) is 0 Å². The van der Waals surface area contributed by atoms with Gasteiger partial charge in [-0.3, -0.25) is 9.59 Å². The predicted molar refractivity (Wildman–Crippen MR) is 104 cm³/mol. The zero-order chi connectivity index (χ0) is 19.2. The van der Waals surface area contributed by atoms with Gasteiger partial charge in [-0.1, -0.05) is 60.2 Å². The van der Waals surface area contributed by atoms with Crippen LogP contribution in [0.15, 0.2) is 59.4 Å². The average molecular weight is 362 g/mol. The second-order valence-electron chi connectivity index (χ2n) is 6.52. The second-order valence-corrected chi connectivity index (χ2v) is 6.52. The first-order valence-electron chi connectivity index (χ1n) is 8.90. The van der Waals surface area contributed by atoms with E-state index in [9.17, 15) is 9.59 Å². The van der Waals surface area contributed by atoms with Crippen LogP contribution in [-0.2, 0) is 11.2 Å². The number of nitrogens with zero attached hydrogens (tertiary/aromatic N) is 2. The standard InChI is InChI=1S/C21H22N4O2/c1-14-8-10-17(11-9-14)20-23-21(27)18(24-25-20)12-13-19(26)22-15(2)16-6-4-3-5-7-16/h3-11,15H,12-13H2,1-2H3,(H,22,26)(H,23,25,27). The first kappa shape index (κ1) is 18.5. The lowest BCUT2D eigenvalue weighted by atomic mass is 10.1. The number of carbonyl (C=O) groups excluding carboxylic acids is 1. The summed E-state index contributed by atoms with van der Waals surface area (Å²) in [6.45, 7) is 3.92. The Kier molecular flexibility index (Phi) is 5.76. The highest BCUT2D eigenvalue weighted by Crippen LogP contribution is 2.14. The van der Waals surface area contributed by atoms with E-state index in [2.05, 4.69) is 20.5 Å². The van der Waals surface area contributed by atoms with Gasteiger partial charge in [0.15, 0.2) is 5.82 Å². The van der Waals surface area contributed by atoms with Crippen LogP contribution in [0.3, 0.4) is 0 Å². The van der Waals surface area contributed by atoms with Crippen molar-refractivity contribution in [1.29, 1.82) is 0 Å². The number of aromatic nitrogens is 3. The largest absolute Gasteiger partial charge is 0.350 e. The number of nitrogens with one attached hydrogen (secondary N) is 2. The first-order valence-corrected chi connectivity index (χ1v) is 8.90. The number of aromatic amines is 1. The lowest BCUT2D eigenvalue weighted by molar-refractivity contribution is -0.121. The van der Waals surface area contributed by atoms with Gasteiger partial charge in [0.1, 0.15) is 5.69 Å². The molecule has 1 heterocycles. The van der Waals surface area contributed by atoms with Gasteiger partial charge < -0.3 is 10.3 Å². The predicted octanol–water partition coefficient (Wildman–Crippen LogP) is 2.95. The molecule has 0 radical (unpaired) electrons. The molecule has 0 saturated heterocycles. The van der Waals surface area contributed by atoms with Crippen molar-refractivity contribution in [2.45, 2.75) is 32.7 Å². The van der Waals surface area contributed by atoms with Crippen LogP contribution in [0.4, 0.5) is 0 Å². The van der Waals surface area contributed by atoms with Gasteiger partial charge >= 0.3 is 0 Å². The molecular formula is C21H22N4O2. The molecule has 6 heteroatoms. The van der Waals surface area contributed by atoms with E-state index in [1.54, 1.807) is 0 Å². The van der Waals surface area contributed by atoms with E-state index in [1.165, 1.54) is 0 Å². The highest BCUT2D eigenvalue weighted by atomic mass is 16.1. The van der Waals surface area contributed by atoms with Gasteiger partial charge in [0.2, 0.25) is 5.91 Å². The average Bonchev–Trinajstić information content (AvgIpc) is 2.68. The number of carbonyl (C=O) groups is 1. The van der Waals surface area contributed by atoms with Crippen LogP contribution in [0.25, 0.3) is 11.4 Å². The Morgan fingerprint density at radius 2 is 1.78 bits per heavy atom. The quantitative estimate of drug-likeness (QED) is 0.706. The molecule has 1 aromatic heterocycles. The summed E-state index contributed by atoms with van der Waals surface area (Å²) in [4.78, 5) is 27.1. The van der Waals surface area contributed by atoms with Gasteiger partial charge in [-0.25, -0.2) is 0 Å². The molecule has 0 bridgehead atoms. The first-order chi connectivity index (χ1) is 13.0. The van der Waals surface area contributed by atoms with Gasteiger partial charge in [0.25, 0.3) is 5.56 Å². The molecule has 0 saturated carbocycles. The van der Waals surface area contributed by atoms with Crippen molar-refractivity contribution in [2.24, 2.45) is 0 Å². The van der Waals surface area contributed by atoms with Gasteiger partial charge in [-0.05, 0) is 19.4 Å². The topological polar surface area (TPSA) is 87.7 Å². The zero-order valence-electron chi connectivity index (χ0n) is 15.4. The fourth-order valence-corrected chi connectivity index (χ4v) is 2.74. The van der Waals surface area contributed by atoms with E-state index in [4.69, 9.17) is 0 Å². The normalized spacial score (nSPS) is 11.8. The summed E-state index contributed by atoms with van der Waals surface area (Å²) in [5, 5.41) is 11.0. The van der Waals surface area contributed by atoms with Gasteiger partial charge in [0.05, 0.1) is 6.04 Å². The number of rotatable bonds is 6. The molecule has 27 heavy (non-hydrogen) atoms. The smallest absolute Gasteiger partial charge is 0.273 e. The lowest BCUT2D eigenvalue weighted by Gasteiger charge is -2.14. The number of hydrogen-bond acceptors (Lipinski definition) is 4. The molecule has 2 N–H and O–H groups in total. The van der Waals surface area contributed by atoms with Gasteiger partial charge in [0, 0.05) is 18.4 Å². The Morgan fingerprint density at radius 1 is 1.07 bits per heavy atom. The van der Waals surface area contributed by atoms with E-state index < -0.39 is 0 Å². The Labute approximate surface area is 157 Å². The summed E-state index contributed by atoms with van der Waals surface area (Å²) in [6, 6.07) is 17.3. The van der Waals surface area contributed by atoms with E-state index in [-0.39, 0.29) is 36.0 Å². The molecule has 3 aromatic rings. The molecule has 1 unspecified atom stereocenters. The summed E-state index contributed by atoms with van der Waals surface area (Å²) in [7, 11) is 0. The third-order valence-corrected chi connectivity index (χ3v) is 4.36. The monoisotopic (exact) mass is 362 g/mol. The molecule has 1 amide bonds. The maximum absolute atomic E-state index is 12.2. The van der Waals surface area contributed by atoms with Crippen molar-refractivity contribution in [3.8, 4) is 11.4 Å². The molecule has 3 rings (SSSR count). The van der Waals surface area contributed by atoms with Crippen LogP contribution in [0.1, 0.15) is 36.2 Å². The highest BCUT2D eigenvalue weighted by molar-refractivity contribution is 5.76. The van der Waals surface area contributed by atoms with E-state index in [1.807, 2.05) is 68.4 Å². The van der Waals surface area contributed by atoms with E-state index >= 15 is 0 Å². The number of hydrogen-bond donors (Lipinski definition) is 2. The van der Waals surface area contributed by atoms with E-state index in [0.717, 1.165) is 16.7 Å². The van der Waals surface area contributed by atoms with Crippen LogP contribution in [0.5, 0.6) is 0 Å². The summed E-state index contributed by atoms with van der Waals surface area (Å²) < 4.78 is 0. The van der Waals surface area contributed by atoms with Crippen molar-refractivity contribution in [2.75, 3.05) is 0 Å². The zero-order valence-corrected chi connectivity index (χ0v) is 15.4. The molecule has 138 valence electrons. The summed E-state index contributed by atoms with van der Waals surface area (Å²) in [5.74, 6) is 0.293. The summed E-state index contributed by atoms with van der Waals surface area (Å²) in [6.07, 6.45) is 0.419. The number of amides is 1.